The number of aliphatic hydroxyl groups excluding tert-OH is 1. The van der Waals surface area contributed by atoms with Gasteiger partial charge in [-0.05, 0) is 34.7 Å². The fourth-order valence-electron chi connectivity index (χ4n) is 0.913. The fourth-order valence-corrected chi connectivity index (χ4v) is 1.71. The first-order chi connectivity index (χ1) is 5.70. The number of hydrogen-bond donors (Lipinski definition) is 1. The van der Waals surface area contributed by atoms with Gasteiger partial charge in [0.15, 0.2) is 0 Å². The van der Waals surface area contributed by atoms with Gasteiger partial charge in [-0.1, -0.05) is 11.6 Å². The van der Waals surface area contributed by atoms with Gasteiger partial charge in [0.05, 0.1) is 18.7 Å². The summed E-state index contributed by atoms with van der Waals surface area (Å²) in [6.07, 6.45) is 0. The van der Waals surface area contributed by atoms with E-state index in [0.717, 1.165) is 9.13 Å². The Morgan fingerprint density at radius 2 is 2.25 bits per heavy atom. The SMILES string of the molecule is COc1ccc(Cl)c(I)c1CO. The van der Waals surface area contributed by atoms with Crippen LogP contribution in [0.3, 0.4) is 0 Å². The van der Waals surface area contributed by atoms with Crippen molar-refractivity contribution in [1.29, 1.82) is 0 Å². The lowest BCUT2D eigenvalue weighted by atomic mass is 10.2. The molecule has 0 amide bonds. The molecule has 1 N–H and O–H groups in total. The van der Waals surface area contributed by atoms with Gasteiger partial charge in [-0.25, -0.2) is 0 Å². The molecule has 0 saturated carbocycles. The number of aliphatic hydroxyl groups is 1. The van der Waals surface area contributed by atoms with Gasteiger partial charge in [0.2, 0.25) is 0 Å². The maximum Gasteiger partial charge on any atom is 0.125 e. The molecule has 0 fully saturated rings. The summed E-state index contributed by atoms with van der Waals surface area (Å²) in [4.78, 5) is 0. The van der Waals surface area contributed by atoms with E-state index >= 15 is 0 Å². The van der Waals surface area contributed by atoms with E-state index in [0.29, 0.717) is 10.8 Å². The quantitative estimate of drug-likeness (QED) is 0.850. The molecule has 12 heavy (non-hydrogen) atoms. The van der Waals surface area contributed by atoms with E-state index in [-0.39, 0.29) is 6.61 Å². The third-order valence-electron chi connectivity index (χ3n) is 1.53. The highest BCUT2D eigenvalue weighted by atomic mass is 127. The van der Waals surface area contributed by atoms with E-state index in [2.05, 4.69) is 22.6 Å². The van der Waals surface area contributed by atoms with Crippen molar-refractivity contribution in [2.24, 2.45) is 0 Å². The van der Waals surface area contributed by atoms with E-state index in [4.69, 9.17) is 21.4 Å². The molecule has 0 unspecified atom stereocenters. The van der Waals surface area contributed by atoms with Crippen LogP contribution in [0, 0.1) is 3.57 Å². The van der Waals surface area contributed by atoms with Gasteiger partial charge in [0, 0.05) is 9.13 Å². The van der Waals surface area contributed by atoms with Crippen LogP contribution < -0.4 is 4.74 Å². The summed E-state index contributed by atoms with van der Waals surface area (Å²) < 4.78 is 5.89. The van der Waals surface area contributed by atoms with Crippen LogP contribution in [0.5, 0.6) is 5.75 Å². The van der Waals surface area contributed by atoms with Crippen LogP contribution in [-0.4, -0.2) is 12.2 Å². The summed E-state index contributed by atoms with van der Waals surface area (Å²) in [6, 6.07) is 3.50. The third kappa shape index (κ3) is 1.84. The van der Waals surface area contributed by atoms with Crippen LogP contribution in [0.2, 0.25) is 5.02 Å². The fraction of sp³-hybridized carbons (Fsp3) is 0.250. The van der Waals surface area contributed by atoms with Gasteiger partial charge >= 0.3 is 0 Å². The molecule has 0 aliphatic carbocycles. The van der Waals surface area contributed by atoms with Gasteiger partial charge in [0.25, 0.3) is 0 Å². The minimum atomic E-state index is -0.0536. The van der Waals surface area contributed by atoms with Gasteiger partial charge in [-0.3, -0.25) is 0 Å². The largest absolute Gasteiger partial charge is 0.496 e. The summed E-state index contributed by atoms with van der Waals surface area (Å²) >= 11 is 7.93. The first-order valence-electron chi connectivity index (χ1n) is 3.32. The van der Waals surface area contributed by atoms with E-state index in [9.17, 15) is 0 Å². The van der Waals surface area contributed by atoms with Crippen LogP contribution in [-0.2, 0) is 6.61 Å². The first-order valence-corrected chi connectivity index (χ1v) is 4.78. The summed E-state index contributed by atoms with van der Waals surface area (Å²) in [5.41, 5.74) is 0.741. The van der Waals surface area contributed by atoms with E-state index in [1.54, 1.807) is 19.2 Å². The van der Waals surface area contributed by atoms with Crippen molar-refractivity contribution in [3.05, 3.63) is 26.3 Å². The van der Waals surface area contributed by atoms with Crippen molar-refractivity contribution >= 4 is 34.2 Å². The summed E-state index contributed by atoms with van der Waals surface area (Å²) in [5, 5.41) is 9.65. The Kier molecular flexibility index (Phi) is 3.61. The predicted molar refractivity (Wildman–Crippen MR) is 56.6 cm³/mol. The second-order valence-electron chi connectivity index (χ2n) is 2.20. The monoisotopic (exact) mass is 298 g/mol. The Hall–Kier alpha value is -0.0000000000000000763. The maximum absolute atomic E-state index is 9.01. The number of hydrogen-bond acceptors (Lipinski definition) is 2. The smallest absolute Gasteiger partial charge is 0.125 e. The standard InChI is InChI=1S/C8H8ClIO2/c1-12-7-3-2-6(9)8(10)5(7)4-11/h2-3,11H,4H2,1H3. The first kappa shape index (κ1) is 10.1. The molecule has 0 aliphatic heterocycles. The average molecular weight is 299 g/mol. The van der Waals surface area contributed by atoms with Crippen molar-refractivity contribution in [1.82, 2.24) is 0 Å². The molecule has 0 spiro atoms. The lowest BCUT2D eigenvalue weighted by molar-refractivity contribution is 0.273. The number of rotatable bonds is 2. The molecule has 0 radical (unpaired) electrons. The van der Waals surface area contributed by atoms with Gasteiger partial charge in [0.1, 0.15) is 5.75 Å². The van der Waals surface area contributed by atoms with Gasteiger partial charge in [-0.15, -0.1) is 0 Å². The van der Waals surface area contributed by atoms with E-state index < -0.39 is 0 Å². The maximum atomic E-state index is 9.01. The van der Waals surface area contributed by atoms with Crippen LogP contribution in [0.4, 0.5) is 0 Å². The molecule has 2 nitrogen and oxygen atoms in total. The molecular weight excluding hydrogens is 290 g/mol. The lowest BCUT2D eigenvalue weighted by Gasteiger charge is -2.08. The Balaban J connectivity index is 3.25. The Morgan fingerprint density at radius 1 is 1.58 bits per heavy atom. The molecule has 0 heterocycles. The Labute approximate surface area is 89.6 Å². The molecule has 0 bridgehead atoms. The zero-order valence-corrected chi connectivity index (χ0v) is 9.39. The van der Waals surface area contributed by atoms with Crippen molar-refractivity contribution in [3.8, 4) is 5.75 Å². The normalized spacial score (nSPS) is 10.0. The second-order valence-corrected chi connectivity index (χ2v) is 3.69. The number of ether oxygens (including phenoxy) is 1. The topological polar surface area (TPSA) is 29.5 Å². The van der Waals surface area contributed by atoms with Crippen LogP contribution >= 0.6 is 34.2 Å². The molecule has 0 aliphatic rings. The lowest BCUT2D eigenvalue weighted by Crippen LogP contribution is -1.95. The third-order valence-corrected chi connectivity index (χ3v) is 3.40. The highest BCUT2D eigenvalue weighted by molar-refractivity contribution is 14.1. The summed E-state index contributed by atoms with van der Waals surface area (Å²) in [6.45, 7) is -0.0536. The number of methoxy groups -OCH3 is 1. The summed E-state index contributed by atoms with van der Waals surface area (Å²) in [5.74, 6) is 0.673. The zero-order valence-electron chi connectivity index (χ0n) is 6.47. The number of benzene rings is 1. The minimum Gasteiger partial charge on any atom is -0.496 e. The van der Waals surface area contributed by atoms with Crippen LogP contribution in [0.15, 0.2) is 12.1 Å². The van der Waals surface area contributed by atoms with Crippen LogP contribution in [0.25, 0.3) is 0 Å². The molecule has 66 valence electrons. The van der Waals surface area contributed by atoms with E-state index in [1.807, 2.05) is 0 Å². The van der Waals surface area contributed by atoms with E-state index in [1.165, 1.54) is 0 Å². The number of halogens is 2. The summed E-state index contributed by atoms with van der Waals surface area (Å²) in [7, 11) is 1.57. The van der Waals surface area contributed by atoms with Crippen molar-refractivity contribution in [2.75, 3.05) is 7.11 Å². The highest BCUT2D eigenvalue weighted by Gasteiger charge is 2.08. The molecule has 1 aromatic rings. The molecule has 0 atom stereocenters. The van der Waals surface area contributed by atoms with Crippen molar-refractivity contribution < 1.29 is 9.84 Å². The Morgan fingerprint density at radius 3 is 2.75 bits per heavy atom. The van der Waals surface area contributed by atoms with Crippen LogP contribution in [0.1, 0.15) is 5.56 Å². The molecule has 1 aromatic carbocycles. The van der Waals surface area contributed by atoms with Crippen molar-refractivity contribution in [2.45, 2.75) is 6.61 Å². The predicted octanol–water partition coefficient (Wildman–Crippen LogP) is 2.45. The van der Waals surface area contributed by atoms with Gasteiger partial charge < -0.3 is 9.84 Å². The highest BCUT2D eigenvalue weighted by Crippen LogP contribution is 2.29. The molecule has 4 heteroatoms. The zero-order chi connectivity index (χ0) is 9.14. The minimum absolute atomic E-state index is 0.0536. The molecule has 0 aromatic heterocycles. The molecular formula is C8H8ClIO2. The van der Waals surface area contributed by atoms with Crippen molar-refractivity contribution in [3.63, 3.8) is 0 Å². The Bertz CT molecular complexity index is 289. The van der Waals surface area contributed by atoms with Gasteiger partial charge in [-0.2, -0.15) is 0 Å². The molecule has 1 rings (SSSR count). The average Bonchev–Trinajstić information content (AvgIpc) is 2.09. The second kappa shape index (κ2) is 4.30. The molecule has 0 saturated heterocycles.